The van der Waals surface area contributed by atoms with Gasteiger partial charge in [0, 0.05) is 12.5 Å². The lowest BCUT2D eigenvalue weighted by molar-refractivity contribution is -0.166. The van der Waals surface area contributed by atoms with Crippen LogP contribution in [-0.4, -0.2) is 61.1 Å². The summed E-state index contributed by atoms with van der Waals surface area (Å²) in [5.41, 5.74) is -1.95. The molecular formula is C26H39NO11. The molecule has 0 radical (unpaired) electrons. The van der Waals surface area contributed by atoms with Crippen LogP contribution in [-0.2, 0) is 30.2 Å². The molecule has 2 atom stereocenters. The molecule has 1 rings (SSSR count). The second-order valence-electron chi connectivity index (χ2n) is 9.44. The molecule has 0 spiro atoms. The average molecular weight is 542 g/mol. The van der Waals surface area contributed by atoms with Crippen LogP contribution < -0.4 is 14.8 Å². The Morgan fingerprint density at radius 2 is 1.39 bits per heavy atom. The van der Waals surface area contributed by atoms with Gasteiger partial charge in [-0.15, -0.1) is 0 Å². The Morgan fingerprint density at radius 3 is 1.87 bits per heavy atom. The fourth-order valence-corrected chi connectivity index (χ4v) is 2.91. The van der Waals surface area contributed by atoms with Crippen molar-refractivity contribution in [2.24, 2.45) is 11.8 Å². The van der Waals surface area contributed by atoms with Crippen molar-refractivity contribution in [2.75, 3.05) is 19.8 Å². The number of hydrogen-bond donors (Lipinski definition) is 2. The van der Waals surface area contributed by atoms with Crippen molar-refractivity contribution in [1.82, 2.24) is 5.32 Å². The van der Waals surface area contributed by atoms with E-state index in [-0.39, 0.29) is 61.2 Å². The highest BCUT2D eigenvalue weighted by atomic mass is 16.8. The third-order valence-electron chi connectivity index (χ3n) is 4.87. The lowest BCUT2D eigenvalue weighted by atomic mass is 10.00. The van der Waals surface area contributed by atoms with Crippen molar-refractivity contribution in [3.05, 3.63) is 23.8 Å². The van der Waals surface area contributed by atoms with Crippen molar-refractivity contribution in [3.63, 3.8) is 0 Å². The van der Waals surface area contributed by atoms with E-state index in [0.717, 1.165) is 0 Å². The zero-order chi connectivity index (χ0) is 28.9. The second kappa shape index (κ2) is 15.7. The van der Waals surface area contributed by atoms with Gasteiger partial charge in [-0.1, -0.05) is 40.7 Å². The van der Waals surface area contributed by atoms with Crippen LogP contribution in [0.3, 0.4) is 0 Å². The van der Waals surface area contributed by atoms with E-state index in [1.54, 1.807) is 13.8 Å². The highest BCUT2D eigenvalue weighted by molar-refractivity contribution is 5.80. The van der Waals surface area contributed by atoms with Gasteiger partial charge in [-0.25, -0.2) is 19.2 Å². The summed E-state index contributed by atoms with van der Waals surface area (Å²) in [5, 5.41) is 12.9. The smallest absolute Gasteiger partial charge is 0.477 e. The van der Waals surface area contributed by atoms with Crippen LogP contribution in [0.25, 0.3) is 0 Å². The molecule has 12 nitrogen and oxygen atoms in total. The summed E-state index contributed by atoms with van der Waals surface area (Å²) in [6.07, 6.45) is -3.10. The van der Waals surface area contributed by atoms with Gasteiger partial charge in [0.2, 0.25) is 0 Å². The van der Waals surface area contributed by atoms with Crippen molar-refractivity contribution in [2.45, 2.75) is 73.1 Å². The van der Waals surface area contributed by atoms with Gasteiger partial charge in [-0.2, -0.15) is 0 Å². The zero-order valence-corrected chi connectivity index (χ0v) is 23.0. The molecule has 0 saturated heterocycles. The van der Waals surface area contributed by atoms with Gasteiger partial charge in [-0.3, -0.25) is 5.32 Å². The SMILES string of the molecule is CCOC(=O)O[C@](Cc1ccc(OC(=O)OCC(C)C)c(OC(=O)OCC(C)C)c1)(NC(C)CC)C(=O)O. The molecule has 214 valence electrons. The lowest BCUT2D eigenvalue weighted by Gasteiger charge is -2.32. The van der Waals surface area contributed by atoms with Gasteiger partial charge < -0.3 is 33.5 Å². The van der Waals surface area contributed by atoms with E-state index in [0.29, 0.717) is 6.42 Å². The zero-order valence-electron chi connectivity index (χ0n) is 23.0. The molecule has 0 fully saturated rings. The Balaban J connectivity index is 3.39. The summed E-state index contributed by atoms with van der Waals surface area (Å²) in [5.74, 6) is -1.75. The summed E-state index contributed by atoms with van der Waals surface area (Å²) in [6.45, 7) is 12.7. The van der Waals surface area contributed by atoms with Crippen LogP contribution in [0, 0.1) is 11.8 Å². The number of benzene rings is 1. The van der Waals surface area contributed by atoms with Crippen molar-refractivity contribution in [1.29, 1.82) is 0 Å². The van der Waals surface area contributed by atoms with Gasteiger partial charge in [0.15, 0.2) is 11.5 Å². The Labute approximate surface area is 222 Å². The molecule has 0 bridgehead atoms. The number of carbonyl (C=O) groups excluding carboxylic acids is 3. The fourth-order valence-electron chi connectivity index (χ4n) is 2.91. The van der Waals surface area contributed by atoms with Crippen LogP contribution >= 0.6 is 0 Å². The van der Waals surface area contributed by atoms with Crippen molar-refractivity contribution in [3.8, 4) is 11.5 Å². The Hall–Kier alpha value is -3.54. The van der Waals surface area contributed by atoms with E-state index in [4.69, 9.17) is 28.4 Å². The number of ether oxygens (including phenoxy) is 6. The number of carboxylic acid groups (broad SMARTS) is 1. The minimum Gasteiger partial charge on any atom is -0.477 e. The molecule has 1 unspecified atom stereocenters. The molecular weight excluding hydrogens is 502 g/mol. The maximum absolute atomic E-state index is 12.4. The van der Waals surface area contributed by atoms with Gasteiger partial charge in [0.25, 0.3) is 5.72 Å². The Bertz CT molecular complexity index is 947. The van der Waals surface area contributed by atoms with E-state index in [1.807, 2.05) is 34.6 Å². The standard InChI is InChI=1S/C26H39NO11/c1-8-18(7)27-26(22(28)29,38-25(32)33-9-2)13-19-10-11-20(36-23(30)34-14-16(3)4)21(12-19)37-24(31)35-15-17(5)6/h10-12,16-18,27H,8-9,13-15H2,1-7H3,(H,28,29)/t18?,26-/m0/s1. The molecule has 1 aromatic rings. The third-order valence-corrected chi connectivity index (χ3v) is 4.87. The molecule has 0 amide bonds. The molecule has 0 aliphatic carbocycles. The molecule has 0 saturated carbocycles. The molecule has 0 heterocycles. The third kappa shape index (κ3) is 11.2. The van der Waals surface area contributed by atoms with Gasteiger partial charge in [0.05, 0.1) is 19.8 Å². The minimum absolute atomic E-state index is 0.0206. The number of hydrogen-bond acceptors (Lipinski definition) is 11. The maximum Gasteiger partial charge on any atom is 0.513 e. The van der Waals surface area contributed by atoms with E-state index in [1.165, 1.54) is 18.2 Å². The largest absolute Gasteiger partial charge is 0.513 e. The summed E-state index contributed by atoms with van der Waals surface area (Å²) in [7, 11) is 0. The number of carbonyl (C=O) groups is 4. The van der Waals surface area contributed by atoms with E-state index >= 15 is 0 Å². The summed E-state index contributed by atoms with van der Waals surface area (Å²) in [6, 6.07) is 3.66. The number of aliphatic carboxylic acids is 1. The Kier molecular flexibility index (Phi) is 13.4. The first kappa shape index (κ1) is 32.5. The average Bonchev–Trinajstić information content (AvgIpc) is 2.82. The predicted molar refractivity (Wildman–Crippen MR) is 135 cm³/mol. The van der Waals surface area contributed by atoms with Crippen LogP contribution in [0.2, 0.25) is 0 Å². The number of rotatable bonds is 14. The quantitative estimate of drug-likeness (QED) is 0.142. The summed E-state index contributed by atoms with van der Waals surface area (Å²) < 4.78 is 30.6. The van der Waals surface area contributed by atoms with Crippen molar-refractivity contribution >= 4 is 24.4 Å². The topological polar surface area (TPSA) is 156 Å². The normalized spacial score (nSPS) is 13.3. The summed E-state index contributed by atoms with van der Waals surface area (Å²) in [4.78, 5) is 48.9. The van der Waals surface area contributed by atoms with Crippen LogP contribution in [0.5, 0.6) is 11.5 Å². The van der Waals surface area contributed by atoms with Crippen LogP contribution in [0.1, 0.15) is 60.5 Å². The first-order valence-electron chi connectivity index (χ1n) is 12.5. The van der Waals surface area contributed by atoms with E-state index in [9.17, 15) is 24.3 Å². The van der Waals surface area contributed by atoms with Gasteiger partial charge >= 0.3 is 24.4 Å². The van der Waals surface area contributed by atoms with Crippen LogP contribution in [0.4, 0.5) is 14.4 Å². The Morgan fingerprint density at radius 1 is 0.842 bits per heavy atom. The van der Waals surface area contributed by atoms with Gasteiger partial charge in [0.1, 0.15) is 0 Å². The molecule has 0 aliphatic heterocycles. The highest BCUT2D eigenvalue weighted by Gasteiger charge is 2.44. The second-order valence-corrected chi connectivity index (χ2v) is 9.44. The van der Waals surface area contributed by atoms with Gasteiger partial charge in [-0.05, 0) is 49.8 Å². The van der Waals surface area contributed by atoms with Crippen LogP contribution in [0.15, 0.2) is 18.2 Å². The van der Waals surface area contributed by atoms with E-state index < -0.39 is 30.2 Å². The molecule has 1 aromatic carbocycles. The van der Waals surface area contributed by atoms with Crippen molar-refractivity contribution < 1.29 is 52.7 Å². The first-order valence-corrected chi connectivity index (χ1v) is 12.5. The molecule has 2 N–H and O–H groups in total. The first-order chi connectivity index (χ1) is 17.8. The predicted octanol–water partition coefficient (Wildman–Crippen LogP) is 4.91. The highest BCUT2D eigenvalue weighted by Crippen LogP contribution is 2.31. The number of nitrogens with one attached hydrogen (secondary N) is 1. The summed E-state index contributed by atoms with van der Waals surface area (Å²) >= 11 is 0. The monoisotopic (exact) mass is 541 g/mol. The molecule has 38 heavy (non-hydrogen) atoms. The molecule has 0 aromatic heterocycles. The lowest BCUT2D eigenvalue weighted by Crippen LogP contribution is -2.59. The minimum atomic E-state index is -2.21. The van der Waals surface area contributed by atoms with E-state index in [2.05, 4.69) is 5.32 Å². The maximum atomic E-state index is 12.4. The molecule has 12 heteroatoms. The fraction of sp³-hybridized carbons (Fsp3) is 0.615. The number of carboxylic acids is 1. The molecule has 0 aliphatic rings.